The Morgan fingerprint density at radius 1 is 0.441 bits per heavy atom. The topological polar surface area (TPSA) is 50.9 Å². The minimum atomic E-state index is -3.50. The standard InChI is InChI=1S/C64H65N3O/c1-61(2,3)48-28-26-42(27-29-48)44-32-33-65-55(37-44)47-35-45(41-20-15-13-16-21-41)34-46(36-47)51-24-19-25-57-58(51)66-60(53-39-50(63(7,8)9)40-54(59(53)68)64(10,11)12)67(57)56-31-30-49(62(4,5)6)38-52(56)43-22-17-14-18-23-43/h13-40,68H,1-12H3/i4D3,5D3,6D3. The summed E-state index contributed by atoms with van der Waals surface area (Å²) in [4.78, 5) is 10.5. The van der Waals surface area contributed by atoms with E-state index in [4.69, 9.17) is 22.3 Å². The van der Waals surface area contributed by atoms with Crippen LogP contribution in [0.1, 0.15) is 117 Å². The number of fused-ring (bicyclic) bond motifs is 1. The molecule has 4 nitrogen and oxygen atoms in total. The van der Waals surface area contributed by atoms with Gasteiger partial charge in [-0.25, -0.2) is 4.98 Å². The summed E-state index contributed by atoms with van der Waals surface area (Å²) in [6.45, 7) is 8.59. The zero-order valence-electron chi connectivity index (χ0n) is 49.5. The van der Waals surface area contributed by atoms with Gasteiger partial charge < -0.3 is 5.11 Å². The van der Waals surface area contributed by atoms with E-state index in [0.29, 0.717) is 44.8 Å². The summed E-state index contributed by atoms with van der Waals surface area (Å²) in [6.07, 6.45) is 1.84. The molecule has 0 bridgehead atoms. The van der Waals surface area contributed by atoms with Gasteiger partial charge in [-0.05, 0) is 126 Å². The zero-order valence-corrected chi connectivity index (χ0v) is 40.5. The molecule has 9 rings (SSSR count). The number of phenols is 1. The van der Waals surface area contributed by atoms with Gasteiger partial charge in [0.05, 0.1) is 28.0 Å². The minimum Gasteiger partial charge on any atom is -0.507 e. The predicted octanol–water partition coefficient (Wildman–Crippen LogP) is 17.3. The molecule has 0 spiro atoms. The number of imidazole rings is 1. The third-order valence-corrected chi connectivity index (χ3v) is 13.0. The lowest BCUT2D eigenvalue weighted by Gasteiger charge is -2.28. The summed E-state index contributed by atoms with van der Waals surface area (Å²) in [5.41, 5.74) is 8.62. The molecule has 0 aliphatic rings. The summed E-state index contributed by atoms with van der Waals surface area (Å²) >= 11 is 0. The lowest BCUT2D eigenvalue weighted by atomic mass is 9.79. The molecule has 342 valence electrons. The molecule has 4 heteroatoms. The first-order valence-corrected chi connectivity index (χ1v) is 23.3. The minimum absolute atomic E-state index is 0.00774. The fourth-order valence-electron chi connectivity index (χ4n) is 9.04. The van der Waals surface area contributed by atoms with Crippen molar-refractivity contribution in [3.63, 3.8) is 0 Å². The maximum atomic E-state index is 12.7. The first kappa shape index (κ1) is 36.1. The molecule has 0 saturated carbocycles. The molecule has 0 unspecified atom stereocenters. The van der Waals surface area contributed by atoms with Crippen LogP contribution in [0.4, 0.5) is 0 Å². The molecule has 0 aliphatic heterocycles. The maximum absolute atomic E-state index is 12.7. The highest BCUT2D eigenvalue weighted by molar-refractivity contribution is 5.98. The van der Waals surface area contributed by atoms with Gasteiger partial charge in [0.15, 0.2) is 0 Å². The van der Waals surface area contributed by atoms with Crippen molar-refractivity contribution in [2.75, 3.05) is 0 Å². The Morgan fingerprint density at radius 2 is 1.04 bits per heavy atom. The molecular weight excluding hydrogens is 827 g/mol. The quantitative estimate of drug-likeness (QED) is 0.173. The number of hydrogen-bond donors (Lipinski definition) is 1. The number of para-hydroxylation sites is 1. The van der Waals surface area contributed by atoms with Crippen molar-refractivity contribution in [1.29, 1.82) is 0 Å². The second-order valence-corrected chi connectivity index (χ2v) is 21.1. The molecule has 2 heterocycles. The van der Waals surface area contributed by atoms with Crippen LogP contribution in [-0.2, 0) is 21.7 Å². The number of benzene rings is 7. The summed E-state index contributed by atoms with van der Waals surface area (Å²) in [5, 5.41) is 12.7. The van der Waals surface area contributed by atoms with Crippen molar-refractivity contribution in [2.45, 2.75) is 105 Å². The summed E-state index contributed by atoms with van der Waals surface area (Å²) in [7, 11) is 0. The second kappa shape index (κ2) is 17.2. The average Bonchev–Trinajstić information content (AvgIpc) is 3.74. The Bertz CT molecular complexity index is 3610. The number of rotatable bonds is 7. The van der Waals surface area contributed by atoms with Crippen LogP contribution < -0.4 is 0 Å². The fourth-order valence-corrected chi connectivity index (χ4v) is 9.04. The highest BCUT2D eigenvalue weighted by atomic mass is 16.3. The number of nitrogens with zero attached hydrogens (tertiary/aromatic N) is 3. The van der Waals surface area contributed by atoms with Gasteiger partial charge >= 0.3 is 0 Å². The van der Waals surface area contributed by atoms with Gasteiger partial charge in [0.25, 0.3) is 0 Å². The third-order valence-electron chi connectivity index (χ3n) is 13.0. The van der Waals surface area contributed by atoms with Crippen LogP contribution in [0.5, 0.6) is 5.75 Å². The first-order chi connectivity index (χ1) is 35.9. The molecule has 1 N–H and O–H groups in total. The van der Waals surface area contributed by atoms with Crippen LogP contribution in [0.15, 0.2) is 170 Å². The van der Waals surface area contributed by atoms with E-state index in [9.17, 15) is 5.11 Å². The van der Waals surface area contributed by atoms with Gasteiger partial charge in [-0.1, -0.05) is 192 Å². The van der Waals surface area contributed by atoms with Crippen molar-refractivity contribution in [3.05, 3.63) is 192 Å². The van der Waals surface area contributed by atoms with Crippen LogP contribution in [0.3, 0.4) is 0 Å². The molecule has 9 aromatic rings. The Morgan fingerprint density at radius 3 is 1.69 bits per heavy atom. The van der Waals surface area contributed by atoms with E-state index in [1.54, 1.807) is 18.2 Å². The van der Waals surface area contributed by atoms with E-state index in [1.807, 2.05) is 104 Å². The summed E-state index contributed by atoms with van der Waals surface area (Å²) < 4.78 is 79.9. The monoisotopic (exact) mass is 901 g/mol. The Hall–Kier alpha value is -7.04. The van der Waals surface area contributed by atoms with Gasteiger partial charge in [0.1, 0.15) is 11.6 Å². The molecule has 7 aromatic carbocycles. The van der Waals surface area contributed by atoms with Crippen molar-refractivity contribution in [1.82, 2.24) is 14.5 Å². The van der Waals surface area contributed by atoms with E-state index in [1.165, 1.54) is 17.7 Å². The molecule has 2 aromatic heterocycles. The van der Waals surface area contributed by atoms with Crippen molar-refractivity contribution >= 4 is 11.0 Å². The van der Waals surface area contributed by atoms with E-state index < -0.39 is 31.4 Å². The predicted molar refractivity (Wildman–Crippen MR) is 288 cm³/mol. The van der Waals surface area contributed by atoms with E-state index in [-0.39, 0.29) is 22.1 Å². The number of aromatic nitrogens is 3. The molecular formula is C64H65N3O. The smallest absolute Gasteiger partial charge is 0.149 e. The van der Waals surface area contributed by atoms with Crippen LogP contribution in [0.25, 0.3) is 83.9 Å². The van der Waals surface area contributed by atoms with Crippen molar-refractivity contribution in [3.8, 4) is 78.6 Å². The SMILES string of the molecule is [2H]C([2H])([2H])C(c1ccc(-n2c(-c3cc(C(C)(C)C)cc(C(C)(C)C)c3O)nc3c(-c4cc(-c5ccccc5)cc(-c5cc(-c6ccc(C(C)(C)C)cc6)ccn5)c4)cccc32)c(-c2ccccc2)c1)(C([2H])([2H])[2H])C([2H])([2H])[2H]. The average molecular weight is 901 g/mol. The number of hydrogen-bond acceptors (Lipinski definition) is 3. The first-order valence-electron chi connectivity index (χ1n) is 27.8. The summed E-state index contributed by atoms with van der Waals surface area (Å²) in [6, 6.07) is 52.6. The fraction of sp³-hybridized carbons (Fsp3) is 0.250. The highest BCUT2D eigenvalue weighted by Gasteiger charge is 2.30. The lowest BCUT2D eigenvalue weighted by molar-refractivity contribution is 0.446. The van der Waals surface area contributed by atoms with Crippen LogP contribution >= 0.6 is 0 Å². The second-order valence-electron chi connectivity index (χ2n) is 21.1. The van der Waals surface area contributed by atoms with Crippen LogP contribution in [0.2, 0.25) is 0 Å². The van der Waals surface area contributed by atoms with Gasteiger partial charge in [0, 0.05) is 40.8 Å². The Balaban J connectivity index is 1.38. The molecule has 0 aliphatic carbocycles. The van der Waals surface area contributed by atoms with Gasteiger partial charge in [0.2, 0.25) is 0 Å². The maximum Gasteiger partial charge on any atom is 0.149 e. The number of phenolic OH excluding ortho intramolecular Hbond substituents is 1. The van der Waals surface area contributed by atoms with Crippen molar-refractivity contribution < 1.29 is 17.4 Å². The van der Waals surface area contributed by atoms with Gasteiger partial charge in [-0.3, -0.25) is 9.55 Å². The molecule has 0 amide bonds. The van der Waals surface area contributed by atoms with Crippen molar-refractivity contribution in [2.24, 2.45) is 0 Å². The number of pyridine rings is 1. The van der Waals surface area contributed by atoms with E-state index in [0.717, 1.165) is 50.2 Å². The molecule has 68 heavy (non-hydrogen) atoms. The van der Waals surface area contributed by atoms with Crippen LogP contribution in [-0.4, -0.2) is 19.6 Å². The molecule has 0 radical (unpaired) electrons. The highest BCUT2D eigenvalue weighted by Crippen LogP contribution is 2.46. The Kier molecular flexibility index (Phi) is 9.14. The molecule has 0 fully saturated rings. The third kappa shape index (κ3) is 9.05. The van der Waals surface area contributed by atoms with Crippen LogP contribution in [0, 0.1) is 0 Å². The largest absolute Gasteiger partial charge is 0.507 e. The normalized spacial score (nSPS) is 15.0. The zero-order chi connectivity index (χ0) is 55.8. The lowest BCUT2D eigenvalue weighted by Crippen LogP contribution is -2.17. The van der Waals surface area contributed by atoms with E-state index in [2.05, 4.69) is 102 Å². The van der Waals surface area contributed by atoms with E-state index >= 15 is 0 Å². The molecule has 0 saturated heterocycles. The molecule has 0 atom stereocenters. The Labute approximate surface area is 417 Å². The van der Waals surface area contributed by atoms with Gasteiger partial charge in [-0.15, -0.1) is 0 Å². The number of aromatic hydroxyl groups is 1. The van der Waals surface area contributed by atoms with Gasteiger partial charge in [-0.2, -0.15) is 0 Å². The summed E-state index contributed by atoms with van der Waals surface area (Å²) in [5.74, 6) is 0.381.